The zero-order valence-electron chi connectivity index (χ0n) is 8.98. The number of aryl methyl sites for hydroxylation is 1. The minimum absolute atomic E-state index is 1.12. The van der Waals surface area contributed by atoms with Gasteiger partial charge in [0, 0.05) is 18.0 Å². The van der Waals surface area contributed by atoms with Crippen LogP contribution in [0.25, 0.3) is 11.1 Å². The van der Waals surface area contributed by atoms with Gasteiger partial charge in [-0.3, -0.25) is 4.98 Å². The first kappa shape index (κ1) is 9.91. The highest BCUT2D eigenvalue weighted by atomic mass is 14.6. The molecule has 0 saturated heterocycles. The molecule has 76 valence electrons. The molecule has 1 nitrogen and oxygen atoms in total. The first-order chi connectivity index (χ1) is 7.42. The average molecular weight is 197 g/mol. The fourth-order valence-electron chi connectivity index (χ4n) is 1.79. The number of pyridine rings is 1. The summed E-state index contributed by atoms with van der Waals surface area (Å²) in [5, 5.41) is 0. The van der Waals surface area contributed by atoms with Crippen LogP contribution >= 0.6 is 0 Å². The Bertz CT molecular complexity index is 420. The second-order valence-corrected chi connectivity index (χ2v) is 3.65. The first-order valence-corrected chi connectivity index (χ1v) is 5.40. The largest absolute Gasteiger partial charge is 0.264 e. The van der Waals surface area contributed by atoms with Gasteiger partial charge in [-0.05, 0) is 23.6 Å². The van der Waals surface area contributed by atoms with E-state index in [0.29, 0.717) is 0 Å². The molecule has 15 heavy (non-hydrogen) atoms. The molecule has 2 rings (SSSR count). The molecule has 0 unspecified atom stereocenters. The Morgan fingerprint density at radius 3 is 2.60 bits per heavy atom. The maximum Gasteiger partial charge on any atom is 0.0349 e. The highest BCUT2D eigenvalue weighted by molar-refractivity contribution is 5.66. The van der Waals surface area contributed by atoms with Gasteiger partial charge in [0.2, 0.25) is 0 Å². The molecule has 0 saturated carbocycles. The summed E-state index contributed by atoms with van der Waals surface area (Å²) in [6.07, 6.45) is 6.12. The van der Waals surface area contributed by atoms with Crippen LogP contribution in [-0.2, 0) is 6.42 Å². The van der Waals surface area contributed by atoms with Crippen LogP contribution < -0.4 is 0 Å². The van der Waals surface area contributed by atoms with Gasteiger partial charge in [-0.1, -0.05) is 43.7 Å². The Morgan fingerprint density at radius 2 is 1.87 bits per heavy atom. The van der Waals surface area contributed by atoms with Crippen LogP contribution in [0, 0.1) is 0 Å². The molecule has 0 bridgehead atoms. The van der Waals surface area contributed by atoms with Gasteiger partial charge in [0.15, 0.2) is 0 Å². The van der Waals surface area contributed by atoms with Crippen LogP contribution in [0.1, 0.15) is 18.9 Å². The van der Waals surface area contributed by atoms with Crippen LogP contribution in [0.4, 0.5) is 0 Å². The predicted octanol–water partition coefficient (Wildman–Crippen LogP) is 3.70. The van der Waals surface area contributed by atoms with E-state index in [9.17, 15) is 0 Å². The normalized spacial score (nSPS) is 10.2. The highest BCUT2D eigenvalue weighted by Gasteiger charge is 2.02. The third kappa shape index (κ3) is 2.24. The van der Waals surface area contributed by atoms with E-state index in [1.165, 1.54) is 23.1 Å². The van der Waals surface area contributed by atoms with Gasteiger partial charge in [-0.2, -0.15) is 0 Å². The Labute approximate surface area is 90.8 Å². The average Bonchev–Trinajstić information content (AvgIpc) is 2.31. The standard InChI is InChI=1S/C14H15N/c1-2-6-12-9-10-15-11-14(12)13-7-4-3-5-8-13/h3-5,7-11H,2,6H2,1H3. The lowest BCUT2D eigenvalue weighted by molar-refractivity contribution is 0.920. The van der Waals surface area contributed by atoms with E-state index in [0.717, 1.165) is 6.42 Å². The van der Waals surface area contributed by atoms with Gasteiger partial charge in [0.25, 0.3) is 0 Å². The summed E-state index contributed by atoms with van der Waals surface area (Å²) in [6.45, 7) is 2.20. The van der Waals surface area contributed by atoms with Gasteiger partial charge in [-0.25, -0.2) is 0 Å². The Morgan fingerprint density at radius 1 is 1.07 bits per heavy atom. The lowest BCUT2D eigenvalue weighted by Crippen LogP contribution is -1.90. The lowest BCUT2D eigenvalue weighted by Gasteiger charge is -2.07. The van der Waals surface area contributed by atoms with Crippen LogP contribution in [0.3, 0.4) is 0 Å². The summed E-state index contributed by atoms with van der Waals surface area (Å²) in [7, 11) is 0. The van der Waals surface area contributed by atoms with Crippen molar-refractivity contribution in [3.05, 3.63) is 54.4 Å². The van der Waals surface area contributed by atoms with Crippen LogP contribution in [0.15, 0.2) is 48.8 Å². The molecule has 0 fully saturated rings. The van der Waals surface area contributed by atoms with Crippen LogP contribution in [0.5, 0.6) is 0 Å². The van der Waals surface area contributed by atoms with E-state index in [-0.39, 0.29) is 0 Å². The summed E-state index contributed by atoms with van der Waals surface area (Å²) in [5.74, 6) is 0. The van der Waals surface area contributed by atoms with E-state index in [1.807, 2.05) is 18.5 Å². The topological polar surface area (TPSA) is 12.9 Å². The molecule has 0 radical (unpaired) electrons. The quantitative estimate of drug-likeness (QED) is 0.731. The van der Waals surface area contributed by atoms with Crippen molar-refractivity contribution in [2.75, 3.05) is 0 Å². The second-order valence-electron chi connectivity index (χ2n) is 3.65. The van der Waals surface area contributed by atoms with E-state index in [1.54, 1.807) is 0 Å². The van der Waals surface area contributed by atoms with Gasteiger partial charge in [0.1, 0.15) is 0 Å². The van der Waals surface area contributed by atoms with Gasteiger partial charge < -0.3 is 0 Å². The minimum atomic E-state index is 1.12. The van der Waals surface area contributed by atoms with Gasteiger partial charge >= 0.3 is 0 Å². The molecular formula is C14H15N. The number of rotatable bonds is 3. The molecule has 0 atom stereocenters. The zero-order chi connectivity index (χ0) is 10.5. The highest BCUT2D eigenvalue weighted by Crippen LogP contribution is 2.23. The number of benzene rings is 1. The monoisotopic (exact) mass is 197 g/mol. The molecule has 0 aliphatic heterocycles. The first-order valence-electron chi connectivity index (χ1n) is 5.40. The predicted molar refractivity (Wildman–Crippen MR) is 63.7 cm³/mol. The van der Waals surface area contributed by atoms with Gasteiger partial charge in [0.05, 0.1) is 0 Å². The van der Waals surface area contributed by atoms with Crippen molar-refractivity contribution in [1.82, 2.24) is 4.98 Å². The summed E-state index contributed by atoms with van der Waals surface area (Å²) >= 11 is 0. The Hall–Kier alpha value is -1.63. The van der Waals surface area contributed by atoms with E-state index >= 15 is 0 Å². The van der Waals surface area contributed by atoms with Crippen molar-refractivity contribution in [3.8, 4) is 11.1 Å². The molecule has 0 aliphatic rings. The summed E-state index contributed by atoms with van der Waals surface area (Å²) in [6, 6.07) is 12.6. The fraction of sp³-hybridized carbons (Fsp3) is 0.214. The third-order valence-electron chi connectivity index (χ3n) is 2.52. The summed E-state index contributed by atoms with van der Waals surface area (Å²) in [4.78, 5) is 4.20. The van der Waals surface area contributed by atoms with Gasteiger partial charge in [-0.15, -0.1) is 0 Å². The molecule has 0 N–H and O–H groups in total. The van der Waals surface area contributed by atoms with Crippen molar-refractivity contribution in [1.29, 1.82) is 0 Å². The number of hydrogen-bond donors (Lipinski definition) is 0. The molecule has 0 amide bonds. The molecule has 1 heterocycles. The molecule has 1 aromatic carbocycles. The lowest BCUT2D eigenvalue weighted by atomic mass is 9.99. The number of aromatic nitrogens is 1. The fourth-order valence-corrected chi connectivity index (χ4v) is 1.79. The number of hydrogen-bond acceptors (Lipinski definition) is 1. The zero-order valence-corrected chi connectivity index (χ0v) is 8.98. The summed E-state index contributed by atoms with van der Waals surface area (Å²) < 4.78 is 0. The maximum absolute atomic E-state index is 4.20. The minimum Gasteiger partial charge on any atom is -0.264 e. The van der Waals surface area contributed by atoms with Crippen molar-refractivity contribution < 1.29 is 0 Å². The molecule has 1 aromatic heterocycles. The molecule has 1 heteroatoms. The van der Waals surface area contributed by atoms with E-state index in [2.05, 4.69) is 42.2 Å². The van der Waals surface area contributed by atoms with Crippen molar-refractivity contribution in [3.63, 3.8) is 0 Å². The maximum atomic E-state index is 4.20. The Balaban J connectivity index is 2.43. The van der Waals surface area contributed by atoms with Crippen LogP contribution in [-0.4, -0.2) is 4.98 Å². The summed E-state index contributed by atoms with van der Waals surface area (Å²) in [5.41, 5.74) is 3.91. The smallest absolute Gasteiger partial charge is 0.0349 e. The number of nitrogens with zero attached hydrogens (tertiary/aromatic N) is 1. The SMILES string of the molecule is CCCc1ccncc1-c1ccccc1. The second kappa shape index (κ2) is 4.74. The molecule has 2 aromatic rings. The third-order valence-corrected chi connectivity index (χ3v) is 2.52. The molecular weight excluding hydrogens is 182 g/mol. The van der Waals surface area contributed by atoms with E-state index in [4.69, 9.17) is 0 Å². The van der Waals surface area contributed by atoms with Crippen molar-refractivity contribution >= 4 is 0 Å². The molecule has 0 aliphatic carbocycles. The Kier molecular flexibility index (Phi) is 3.13. The van der Waals surface area contributed by atoms with Crippen molar-refractivity contribution in [2.24, 2.45) is 0 Å². The van der Waals surface area contributed by atoms with Crippen molar-refractivity contribution in [2.45, 2.75) is 19.8 Å². The van der Waals surface area contributed by atoms with Crippen LogP contribution in [0.2, 0.25) is 0 Å². The van der Waals surface area contributed by atoms with E-state index < -0.39 is 0 Å². The molecule has 0 spiro atoms.